The third-order valence-corrected chi connectivity index (χ3v) is 8.76. The number of carbonyl (C=O) groups is 2. The van der Waals surface area contributed by atoms with E-state index in [1.165, 1.54) is 21.9 Å². The van der Waals surface area contributed by atoms with Gasteiger partial charge in [0.15, 0.2) is 0 Å². The summed E-state index contributed by atoms with van der Waals surface area (Å²) in [7, 11) is 0. The van der Waals surface area contributed by atoms with Gasteiger partial charge in [0.1, 0.15) is 0 Å². The molecule has 0 fully saturated rings. The van der Waals surface area contributed by atoms with Gasteiger partial charge in [-0.25, -0.2) is 41.8 Å². The first kappa shape index (κ1) is 49.5. The summed E-state index contributed by atoms with van der Waals surface area (Å²) in [4.78, 5) is 28.2. The monoisotopic (exact) mass is 770 g/mol. The molecule has 53 heavy (non-hydrogen) atoms. The first-order chi connectivity index (χ1) is 24.7. The molecular weight excluding hydrogens is 712 g/mol. The Morgan fingerprint density at radius 2 is 0.906 bits per heavy atom. The molecule has 0 spiro atoms. The summed E-state index contributed by atoms with van der Waals surface area (Å²) in [6, 6.07) is 28.9. The Morgan fingerprint density at radius 1 is 0.585 bits per heavy atom. The van der Waals surface area contributed by atoms with Crippen molar-refractivity contribution < 1.29 is 48.9 Å². The van der Waals surface area contributed by atoms with Crippen molar-refractivity contribution in [2.45, 2.75) is 107 Å². The molecular formula is C44H58F4N2O2Ti. The Bertz CT molecular complexity index is 1390. The molecule has 0 aromatic heterocycles. The van der Waals surface area contributed by atoms with Gasteiger partial charge in [0.2, 0.25) is 11.8 Å². The van der Waals surface area contributed by atoms with Crippen LogP contribution in [0, 0.1) is 46.2 Å². The largest absolute Gasteiger partial charge is 4.00 e. The molecule has 0 saturated carbocycles. The number of carbonyl (C=O) groups excluding carboxylic acids is 2. The Labute approximate surface area is 331 Å². The van der Waals surface area contributed by atoms with Crippen LogP contribution in [0.5, 0.6) is 0 Å². The number of nitrogens with zero attached hydrogens (tertiary/aromatic N) is 2. The average molecular weight is 771 g/mol. The molecule has 0 saturated heterocycles. The second-order valence-corrected chi connectivity index (χ2v) is 13.7. The van der Waals surface area contributed by atoms with Gasteiger partial charge >= 0.3 is 21.7 Å². The van der Waals surface area contributed by atoms with Crippen LogP contribution in [-0.4, -0.2) is 24.9 Å². The molecule has 4 aromatic carbocycles. The number of benzene rings is 2. The van der Waals surface area contributed by atoms with Crippen LogP contribution in [0.2, 0.25) is 0 Å². The maximum absolute atomic E-state index is 14.0. The first-order valence-corrected chi connectivity index (χ1v) is 18.4. The van der Waals surface area contributed by atoms with Gasteiger partial charge in [-0.1, -0.05) is 81.1 Å². The third-order valence-electron chi connectivity index (χ3n) is 8.76. The van der Waals surface area contributed by atoms with Crippen molar-refractivity contribution >= 4 is 23.2 Å². The molecule has 9 heteroatoms. The minimum absolute atomic E-state index is 0. The summed E-state index contributed by atoms with van der Waals surface area (Å²) in [6.07, 6.45) is 6.84. The fourth-order valence-electron chi connectivity index (χ4n) is 4.67. The Balaban J connectivity index is 0.000000791. The van der Waals surface area contributed by atoms with E-state index in [0.717, 1.165) is 50.7 Å². The molecule has 0 heterocycles. The van der Waals surface area contributed by atoms with Crippen molar-refractivity contribution in [2.24, 2.45) is 10.8 Å². The molecule has 0 N–H and O–H groups in total. The number of hydrogen-bond donors (Lipinski definition) is 0. The summed E-state index contributed by atoms with van der Waals surface area (Å²) >= 11 is 0. The Kier molecular flexibility index (Phi) is 24.6. The van der Waals surface area contributed by atoms with Gasteiger partial charge in [0.25, 0.3) is 0 Å². The molecule has 0 atom stereocenters. The summed E-state index contributed by atoms with van der Waals surface area (Å²) in [5.74, 6) is -3.42. The third kappa shape index (κ3) is 17.9. The maximum Gasteiger partial charge on any atom is 4.00 e. The molecule has 288 valence electrons. The van der Waals surface area contributed by atoms with E-state index in [1.54, 1.807) is 0 Å². The van der Waals surface area contributed by atoms with E-state index in [2.05, 4.69) is 13.8 Å². The van der Waals surface area contributed by atoms with Crippen molar-refractivity contribution in [3.8, 4) is 0 Å². The van der Waals surface area contributed by atoms with E-state index in [9.17, 15) is 27.2 Å². The number of hydrogen-bond acceptors (Lipinski definition) is 2. The average Bonchev–Trinajstić information content (AvgIpc) is 3.90. The molecule has 4 aromatic rings. The maximum atomic E-state index is 14.0. The van der Waals surface area contributed by atoms with E-state index < -0.39 is 34.1 Å². The fourth-order valence-corrected chi connectivity index (χ4v) is 4.67. The van der Waals surface area contributed by atoms with Gasteiger partial charge in [0, 0.05) is 47.2 Å². The van der Waals surface area contributed by atoms with Crippen LogP contribution >= 0.6 is 0 Å². The first-order valence-electron chi connectivity index (χ1n) is 18.4. The predicted molar refractivity (Wildman–Crippen MR) is 206 cm³/mol. The number of unbranched alkanes of at least 4 members (excludes halogenated alkanes) is 4. The van der Waals surface area contributed by atoms with Gasteiger partial charge < -0.3 is 9.80 Å². The number of anilines is 2. The smallest absolute Gasteiger partial charge is 0.363 e. The van der Waals surface area contributed by atoms with E-state index >= 15 is 0 Å². The summed E-state index contributed by atoms with van der Waals surface area (Å²) in [6.45, 7) is 16.2. The van der Waals surface area contributed by atoms with Crippen LogP contribution in [0.15, 0.2) is 84.9 Å². The van der Waals surface area contributed by atoms with Crippen LogP contribution in [0.1, 0.15) is 107 Å². The zero-order valence-corrected chi connectivity index (χ0v) is 34.4. The molecule has 0 aliphatic heterocycles. The van der Waals surface area contributed by atoms with Crippen LogP contribution < -0.4 is 9.80 Å². The van der Waals surface area contributed by atoms with Crippen molar-refractivity contribution in [2.75, 3.05) is 22.9 Å². The quantitative estimate of drug-likeness (QED) is 0.0554. The van der Waals surface area contributed by atoms with Crippen LogP contribution in [0.25, 0.3) is 0 Å². The normalized spacial score (nSPS) is 10.6. The van der Waals surface area contributed by atoms with E-state index in [-0.39, 0.29) is 44.9 Å². The van der Waals surface area contributed by atoms with E-state index in [4.69, 9.17) is 0 Å². The second-order valence-electron chi connectivity index (χ2n) is 13.7. The van der Waals surface area contributed by atoms with Gasteiger partial charge in [-0.3, -0.25) is 9.59 Å². The van der Waals surface area contributed by atoms with Gasteiger partial charge in [-0.2, -0.15) is 36.4 Å². The number of rotatable bonds is 14. The standard InChI is InChI=1S/2C17H24F2NO.2C5H5.Ti/c2*1-5-7-8-11-20(16(21)17(3,4)6-2)15-10-9-13(18)12-14(15)19;2*1-2-4-5-3-1;/h2*9-10H,5-8,11H2,1-4H3;2*1-5H;/q4*-1;+4. The van der Waals surface area contributed by atoms with E-state index in [0.29, 0.717) is 25.9 Å². The van der Waals surface area contributed by atoms with Gasteiger partial charge in [0.05, 0.1) is 0 Å². The number of amides is 2. The SMILES string of the molecule is CCCCCN(C(=O)C(C)(C)CC)c1ccc(F)[c-]c1F.CCCCCN(C(=O)C(C)(C)CC)c1ccc(F)[c-]c1F.[Ti+4].c1cc[cH-]c1.c1cc[cH-]c1. The topological polar surface area (TPSA) is 40.6 Å². The van der Waals surface area contributed by atoms with Crippen LogP contribution in [-0.2, 0) is 31.3 Å². The second kappa shape index (κ2) is 26.3. The van der Waals surface area contributed by atoms with Crippen LogP contribution in [0.4, 0.5) is 28.9 Å². The molecule has 0 aliphatic rings. The molecule has 4 nitrogen and oxygen atoms in total. The molecule has 0 unspecified atom stereocenters. The summed E-state index contributed by atoms with van der Waals surface area (Å²) < 4.78 is 54.0. The van der Waals surface area contributed by atoms with Crippen molar-refractivity contribution in [3.05, 3.63) is 120 Å². The van der Waals surface area contributed by atoms with Crippen molar-refractivity contribution in [3.63, 3.8) is 0 Å². The summed E-state index contributed by atoms with van der Waals surface area (Å²) in [5, 5.41) is 0. The minimum atomic E-state index is -0.813. The van der Waals surface area contributed by atoms with E-state index in [1.807, 2.05) is 114 Å². The molecule has 4 rings (SSSR count). The predicted octanol–water partition coefficient (Wildman–Crippen LogP) is 12.3. The fraction of sp³-hybridized carbons (Fsp3) is 0.455. The van der Waals surface area contributed by atoms with Gasteiger partial charge in [-0.15, -0.1) is 36.4 Å². The molecule has 0 radical (unpaired) electrons. The zero-order valence-electron chi connectivity index (χ0n) is 32.9. The summed E-state index contributed by atoms with van der Waals surface area (Å²) in [5.41, 5.74) is -0.932. The molecule has 0 aliphatic carbocycles. The zero-order chi connectivity index (χ0) is 39.2. The Hall–Kier alpha value is -3.49. The van der Waals surface area contributed by atoms with Crippen LogP contribution in [0.3, 0.4) is 0 Å². The molecule has 2 amide bonds. The van der Waals surface area contributed by atoms with Crippen molar-refractivity contribution in [1.29, 1.82) is 0 Å². The number of halogens is 4. The van der Waals surface area contributed by atoms with Gasteiger partial charge in [-0.05, 0) is 37.1 Å². The minimum Gasteiger partial charge on any atom is -0.363 e. The van der Waals surface area contributed by atoms with Crippen molar-refractivity contribution in [1.82, 2.24) is 0 Å². The Morgan fingerprint density at radius 3 is 1.13 bits per heavy atom. The molecule has 0 bridgehead atoms.